The quantitative estimate of drug-likeness (QED) is 0.0541. The number of β-amino-alcohol motifs (C(OH)–C–C–N with tert-alkyl or cyclic N) is 1. The molecule has 392 valence electrons. The number of amides is 5. The molecule has 3 aliphatic rings. The molecule has 2 saturated heterocycles. The van der Waals surface area contributed by atoms with Gasteiger partial charge in [-0.3, -0.25) is 28.9 Å². The van der Waals surface area contributed by atoms with Crippen LogP contribution in [0.2, 0.25) is 5.02 Å². The molecule has 1 aliphatic carbocycles. The third kappa shape index (κ3) is 14.8. The number of aliphatic hydroxyl groups excluding tert-OH is 1. The van der Waals surface area contributed by atoms with Crippen molar-refractivity contribution in [1.82, 2.24) is 30.7 Å². The average molecular weight is 1040 g/mol. The maximum Gasteiger partial charge on any atom is 0.248 e. The van der Waals surface area contributed by atoms with Crippen LogP contribution in [-0.2, 0) is 19.2 Å². The van der Waals surface area contributed by atoms with Crippen molar-refractivity contribution in [2.24, 2.45) is 16.6 Å². The SMILES string of the molecule is Cc1ncsc1-c1ccc([C@H](C)NC(=O)C2CC(O)CN2C(=O)[C@@H](NC(=O)CCCCCCC(=O)NCC2(C)CCC(c3ccc(Cl)cc3)=C(CN3CCN(c4ccc(C(N)=O)cc4)CC3)C2)C(C)(C)C)cc1. The highest BCUT2D eigenvalue weighted by atomic mass is 35.5. The number of hydrogen-bond acceptors (Lipinski definition) is 10. The normalized spacial score (nSPS) is 20.4. The number of anilines is 1. The van der Waals surface area contributed by atoms with Crippen LogP contribution in [0.15, 0.2) is 83.9 Å². The topological polar surface area (TPSA) is 190 Å². The van der Waals surface area contributed by atoms with Crippen LogP contribution in [-0.4, -0.2) is 113 Å². The van der Waals surface area contributed by atoms with Crippen LogP contribution in [0.5, 0.6) is 0 Å². The van der Waals surface area contributed by atoms with Gasteiger partial charge in [-0.25, -0.2) is 4.98 Å². The predicted octanol–water partition coefficient (Wildman–Crippen LogP) is 8.46. The van der Waals surface area contributed by atoms with Crippen molar-refractivity contribution >= 4 is 63.7 Å². The molecule has 16 heteroatoms. The fourth-order valence-corrected chi connectivity index (χ4v) is 11.4. The molecule has 0 radical (unpaired) electrons. The number of likely N-dealkylation sites (tertiary alicyclic amines) is 1. The summed E-state index contributed by atoms with van der Waals surface area (Å²) in [6, 6.07) is 21.5. The van der Waals surface area contributed by atoms with Gasteiger partial charge in [0.2, 0.25) is 29.5 Å². The number of thiazole rings is 1. The van der Waals surface area contributed by atoms with E-state index in [1.54, 1.807) is 23.5 Å². The minimum atomic E-state index is -0.900. The summed E-state index contributed by atoms with van der Waals surface area (Å²) >= 11 is 7.87. The van der Waals surface area contributed by atoms with Crippen LogP contribution in [0, 0.1) is 17.8 Å². The lowest BCUT2D eigenvalue weighted by Gasteiger charge is -2.41. The molecule has 7 rings (SSSR count). The van der Waals surface area contributed by atoms with E-state index < -0.39 is 35.4 Å². The first kappa shape index (κ1) is 55.1. The monoisotopic (exact) mass is 1030 g/mol. The third-order valence-corrected chi connectivity index (χ3v) is 16.1. The number of aliphatic hydroxyl groups is 1. The minimum absolute atomic E-state index is 0.00512. The molecule has 2 fully saturated rings. The summed E-state index contributed by atoms with van der Waals surface area (Å²) < 4.78 is 0. The highest BCUT2D eigenvalue weighted by Gasteiger charge is 2.45. The van der Waals surface area contributed by atoms with Crippen LogP contribution in [0.1, 0.15) is 132 Å². The van der Waals surface area contributed by atoms with Crippen LogP contribution in [0.3, 0.4) is 0 Å². The number of rotatable bonds is 20. The Hall–Kier alpha value is -5.61. The number of hydrogen-bond donors (Lipinski definition) is 5. The number of nitrogens with zero attached hydrogens (tertiary/aromatic N) is 4. The summed E-state index contributed by atoms with van der Waals surface area (Å²) in [7, 11) is 0. The number of aromatic nitrogens is 1. The Labute approximate surface area is 440 Å². The third-order valence-electron chi connectivity index (χ3n) is 14.9. The summed E-state index contributed by atoms with van der Waals surface area (Å²) in [5, 5.41) is 20.7. The predicted molar refractivity (Wildman–Crippen MR) is 291 cm³/mol. The Morgan fingerprint density at radius 1 is 0.877 bits per heavy atom. The van der Waals surface area contributed by atoms with Crippen LogP contribution < -0.4 is 26.6 Å². The zero-order valence-corrected chi connectivity index (χ0v) is 45.0. The van der Waals surface area contributed by atoms with Crippen molar-refractivity contribution in [3.63, 3.8) is 0 Å². The molecule has 3 aromatic carbocycles. The largest absolute Gasteiger partial charge is 0.391 e. The molecule has 3 heterocycles. The maximum absolute atomic E-state index is 14.2. The van der Waals surface area contributed by atoms with Crippen molar-refractivity contribution in [3.8, 4) is 10.4 Å². The van der Waals surface area contributed by atoms with E-state index in [1.165, 1.54) is 21.6 Å². The van der Waals surface area contributed by atoms with E-state index in [1.807, 2.05) is 88.7 Å². The van der Waals surface area contributed by atoms with Crippen molar-refractivity contribution in [1.29, 1.82) is 0 Å². The number of benzene rings is 3. The van der Waals surface area contributed by atoms with E-state index in [9.17, 15) is 29.1 Å². The molecule has 0 bridgehead atoms. The van der Waals surface area contributed by atoms with E-state index in [-0.39, 0.29) is 48.6 Å². The second-order valence-electron chi connectivity index (χ2n) is 21.8. The van der Waals surface area contributed by atoms with Gasteiger partial charge >= 0.3 is 0 Å². The highest BCUT2D eigenvalue weighted by molar-refractivity contribution is 7.13. The molecule has 0 spiro atoms. The molecule has 1 aromatic heterocycles. The van der Waals surface area contributed by atoms with Gasteiger partial charge in [-0.1, -0.05) is 94.1 Å². The number of carbonyl (C=O) groups excluding carboxylic acids is 5. The maximum atomic E-state index is 14.2. The van der Waals surface area contributed by atoms with Crippen molar-refractivity contribution in [3.05, 3.63) is 111 Å². The van der Waals surface area contributed by atoms with Gasteiger partial charge in [0.15, 0.2) is 0 Å². The second-order valence-corrected chi connectivity index (χ2v) is 23.1. The van der Waals surface area contributed by atoms with Crippen LogP contribution in [0.4, 0.5) is 5.69 Å². The zero-order chi connectivity index (χ0) is 52.5. The number of unbranched alkanes of at least 4 members (excludes halogenated alkanes) is 3. The summed E-state index contributed by atoms with van der Waals surface area (Å²) in [6.45, 7) is 16.8. The van der Waals surface area contributed by atoms with Gasteiger partial charge in [-0.15, -0.1) is 11.3 Å². The van der Waals surface area contributed by atoms with Gasteiger partial charge < -0.3 is 36.6 Å². The zero-order valence-electron chi connectivity index (χ0n) is 43.5. The van der Waals surface area contributed by atoms with E-state index in [0.717, 1.165) is 92.2 Å². The Balaban J connectivity index is 0.838. The van der Waals surface area contributed by atoms with Crippen molar-refractivity contribution in [2.45, 2.75) is 130 Å². The molecule has 6 N–H and O–H groups in total. The lowest BCUT2D eigenvalue weighted by atomic mass is 9.71. The Morgan fingerprint density at radius 2 is 1.52 bits per heavy atom. The van der Waals surface area contributed by atoms with Crippen molar-refractivity contribution in [2.75, 3.05) is 50.7 Å². The first-order valence-corrected chi connectivity index (χ1v) is 27.2. The van der Waals surface area contributed by atoms with Gasteiger partial charge in [0, 0.05) is 81.3 Å². The van der Waals surface area contributed by atoms with E-state index >= 15 is 0 Å². The lowest BCUT2D eigenvalue weighted by molar-refractivity contribution is -0.144. The molecule has 5 atom stereocenters. The number of primary amides is 1. The molecular weight excluding hydrogens is 960 g/mol. The number of halogens is 1. The molecular formula is C57H75ClN8O6S. The number of nitrogens with one attached hydrogen (secondary N) is 3. The average Bonchev–Trinajstić information content (AvgIpc) is 3.99. The van der Waals surface area contributed by atoms with Crippen molar-refractivity contribution < 1.29 is 29.1 Å². The second kappa shape index (κ2) is 24.6. The molecule has 14 nitrogen and oxygen atoms in total. The standard InChI is InChI=1S/C57H75ClN8O6S/c1-37(39-13-15-41(16-14-39)51-38(2)61-36-73-51)62-54(71)48-31-46(67)34-66(48)55(72)52(56(3,4)5)63-50(69)12-10-8-7-9-11-49(68)60-35-57(6)26-25-47(40-17-21-44(58)22-18-40)43(32-57)33-64-27-29-65(30-28-64)45-23-19-42(20-24-45)53(59)70/h13-24,36-37,46,48,52,67H,7-12,25-35H2,1-6H3,(H2,59,70)(H,60,68)(H,62,71)(H,63,69)/t37-,46?,48?,52+,57?/m0/s1. The Bertz CT molecular complexity index is 2590. The van der Waals surface area contributed by atoms with Crippen LogP contribution in [0.25, 0.3) is 16.0 Å². The lowest BCUT2D eigenvalue weighted by Crippen LogP contribution is -2.57. The summed E-state index contributed by atoms with van der Waals surface area (Å²) in [6.07, 6.45) is 5.49. The number of allylic oxidation sites excluding steroid dienone is 1. The molecule has 0 saturated carbocycles. The van der Waals surface area contributed by atoms with Gasteiger partial charge in [0.05, 0.1) is 28.2 Å². The van der Waals surface area contributed by atoms with Gasteiger partial charge in [0.25, 0.3) is 0 Å². The first-order valence-electron chi connectivity index (χ1n) is 26.0. The summed E-state index contributed by atoms with van der Waals surface area (Å²) in [5.41, 5.74) is 15.0. The fourth-order valence-electron chi connectivity index (χ4n) is 10.5. The number of piperazine rings is 1. The molecule has 2 aliphatic heterocycles. The summed E-state index contributed by atoms with van der Waals surface area (Å²) in [5.74, 6) is -1.38. The van der Waals surface area contributed by atoms with E-state index in [4.69, 9.17) is 17.3 Å². The van der Waals surface area contributed by atoms with E-state index in [0.29, 0.717) is 36.4 Å². The van der Waals surface area contributed by atoms with Crippen LogP contribution >= 0.6 is 22.9 Å². The minimum Gasteiger partial charge on any atom is -0.391 e. The molecule has 73 heavy (non-hydrogen) atoms. The Kier molecular flexibility index (Phi) is 18.6. The fraction of sp³-hybridized carbons (Fsp3) is 0.509. The van der Waals surface area contributed by atoms with Gasteiger partial charge in [0.1, 0.15) is 12.1 Å². The number of nitrogens with two attached hydrogens (primary N) is 1. The number of aryl methyl sites for hydroxylation is 1. The van der Waals surface area contributed by atoms with E-state index in [2.05, 4.69) is 49.8 Å². The highest BCUT2D eigenvalue weighted by Crippen LogP contribution is 2.43. The molecule has 4 aromatic rings. The molecule has 3 unspecified atom stereocenters. The Morgan fingerprint density at radius 3 is 2.14 bits per heavy atom. The van der Waals surface area contributed by atoms with Gasteiger partial charge in [-0.05, 0) is 115 Å². The number of carbonyl (C=O) groups is 5. The molecule has 5 amide bonds. The first-order chi connectivity index (χ1) is 34.8. The van der Waals surface area contributed by atoms with Gasteiger partial charge in [-0.2, -0.15) is 0 Å². The summed E-state index contributed by atoms with van der Waals surface area (Å²) in [4.78, 5) is 77.8. The smallest absolute Gasteiger partial charge is 0.248 e.